The van der Waals surface area contributed by atoms with Crippen molar-refractivity contribution in [3.05, 3.63) is 90.4 Å². The highest BCUT2D eigenvalue weighted by atomic mass is 16.5. The quantitative estimate of drug-likeness (QED) is 0.513. The van der Waals surface area contributed by atoms with Crippen molar-refractivity contribution < 1.29 is 19.3 Å². The molecule has 0 spiro atoms. The third kappa shape index (κ3) is 4.02. The Labute approximate surface area is 180 Å². The molecule has 1 N–H and O–H groups in total. The Morgan fingerprint density at radius 2 is 1.94 bits per heavy atom. The van der Waals surface area contributed by atoms with Gasteiger partial charge in [0.05, 0.1) is 17.4 Å². The number of hydrogen-bond donors (Lipinski definition) is 1. The van der Waals surface area contributed by atoms with Crippen molar-refractivity contribution in [2.24, 2.45) is 0 Å². The third-order valence-electron chi connectivity index (χ3n) is 5.33. The molecule has 3 atom stereocenters. The number of benzene rings is 2. The molecule has 0 saturated carbocycles. The Kier molecular flexibility index (Phi) is 5.14. The second-order valence-electron chi connectivity index (χ2n) is 7.49. The zero-order valence-corrected chi connectivity index (χ0v) is 17.0. The summed E-state index contributed by atoms with van der Waals surface area (Å²) >= 11 is 0. The Bertz CT molecular complexity index is 1200. The van der Waals surface area contributed by atoms with Crippen molar-refractivity contribution in [3.8, 4) is 17.2 Å². The average molecular weight is 414 g/mol. The van der Waals surface area contributed by atoms with Crippen molar-refractivity contribution in [2.75, 3.05) is 6.61 Å². The molecule has 3 heterocycles. The van der Waals surface area contributed by atoms with E-state index in [2.05, 4.69) is 4.98 Å². The standard InChI is InChI=1S/C25H22N2O4/c1-16(21-10-8-17-5-2-3-7-22(17)27-21)30-18-9-11-23-20(13-18)25(28)24(15-29-23)31-19-6-4-12-26-14-19/h2-14,16,24-25,28H,15H2,1H3. The van der Waals surface area contributed by atoms with Gasteiger partial charge in [0, 0.05) is 17.1 Å². The SMILES string of the molecule is CC(Oc1ccc2c(c1)C(O)C(Oc1cccnc1)CO2)c1ccc2ccccc2n1. The maximum absolute atomic E-state index is 10.9. The fourth-order valence-electron chi connectivity index (χ4n) is 3.69. The molecule has 0 bridgehead atoms. The van der Waals surface area contributed by atoms with E-state index in [1.165, 1.54) is 0 Å². The van der Waals surface area contributed by atoms with Gasteiger partial charge in [0.1, 0.15) is 36.1 Å². The van der Waals surface area contributed by atoms with E-state index < -0.39 is 12.2 Å². The summed E-state index contributed by atoms with van der Waals surface area (Å²) in [7, 11) is 0. The maximum atomic E-state index is 10.9. The molecule has 0 saturated heterocycles. The van der Waals surface area contributed by atoms with Crippen molar-refractivity contribution >= 4 is 10.9 Å². The molecule has 0 radical (unpaired) electrons. The van der Waals surface area contributed by atoms with Gasteiger partial charge in [-0.3, -0.25) is 4.98 Å². The monoisotopic (exact) mass is 414 g/mol. The van der Waals surface area contributed by atoms with Gasteiger partial charge in [0.2, 0.25) is 0 Å². The summed E-state index contributed by atoms with van der Waals surface area (Å²) in [4.78, 5) is 8.75. The van der Waals surface area contributed by atoms with E-state index in [4.69, 9.17) is 19.2 Å². The van der Waals surface area contributed by atoms with Crippen molar-refractivity contribution in [3.63, 3.8) is 0 Å². The van der Waals surface area contributed by atoms with E-state index in [1.807, 2.05) is 55.5 Å². The normalized spacial score (nSPS) is 18.6. The molecule has 156 valence electrons. The zero-order valence-electron chi connectivity index (χ0n) is 17.0. The van der Waals surface area contributed by atoms with Gasteiger partial charge in [0.15, 0.2) is 6.10 Å². The summed E-state index contributed by atoms with van der Waals surface area (Å²) in [5, 5.41) is 12.0. The van der Waals surface area contributed by atoms with Crippen LogP contribution in [0.15, 0.2) is 79.1 Å². The molecule has 0 aliphatic carbocycles. The molecular formula is C25H22N2O4. The molecule has 31 heavy (non-hydrogen) atoms. The highest BCUT2D eigenvalue weighted by Crippen LogP contribution is 2.37. The average Bonchev–Trinajstić information content (AvgIpc) is 2.81. The minimum absolute atomic E-state index is 0.251. The van der Waals surface area contributed by atoms with Crippen LogP contribution in [0.4, 0.5) is 0 Å². The number of ether oxygens (including phenoxy) is 3. The van der Waals surface area contributed by atoms with Gasteiger partial charge in [-0.1, -0.05) is 24.3 Å². The lowest BCUT2D eigenvalue weighted by Crippen LogP contribution is -2.35. The van der Waals surface area contributed by atoms with Gasteiger partial charge in [-0.25, -0.2) is 4.98 Å². The molecular weight excluding hydrogens is 392 g/mol. The van der Waals surface area contributed by atoms with Crippen LogP contribution in [-0.2, 0) is 0 Å². The molecule has 4 aromatic rings. The van der Waals surface area contributed by atoms with Crippen LogP contribution in [0.5, 0.6) is 17.2 Å². The first kappa shape index (κ1) is 19.3. The van der Waals surface area contributed by atoms with Crippen LogP contribution < -0.4 is 14.2 Å². The number of para-hydroxylation sites is 1. The maximum Gasteiger partial charge on any atom is 0.163 e. The predicted octanol–water partition coefficient (Wildman–Crippen LogP) is 4.64. The molecule has 1 aliphatic rings. The second kappa shape index (κ2) is 8.24. The van der Waals surface area contributed by atoms with Crippen LogP contribution in [0.2, 0.25) is 0 Å². The highest BCUT2D eigenvalue weighted by molar-refractivity contribution is 5.78. The fraction of sp³-hybridized carbons (Fsp3) is 0.200. The number of aliphatic hydroxyl groups excluding tert-OH is 1. The smallest absolute Gasteiger partial charge is 0.163 e. The third-order valence-corrected chi connectivity index (χ3v) is 5.33. The topological polar surface area (TPSA) is 73.7 Å². The van der Waals surface area contributed by atoms with Crippen molar-refractivity contribution in [1.29, 1.82) is 0 Å². The first-order valence-corrected chi connectivity index (χ1v) is 10.2. The number of pyridine rings is 2. The van der Waals surface area contributed by atoms with Crippen LogP contribution in [-0.4, -0.2) is 27.8 Å². The van der Waals surface area contributed by atoms with Crippen LogP contribution in [0.3, 0.4) is 0 Å². The van der Waals surface area contributed by atoms with Gasteiger partial charge >= 0.3 is 0 Å². The minimum atomic E-state index is -0.846. The summed E-state index contributed by atoms with van der Waals surface area (Å²) in [6, 6.07) is 21.0. The van der Waals surface area contributed by atoms with E-state index in [1.54, 1.807) is 30.6 Å². The van der Waals surface area contributed by atoms with Crippen LogP contribution in [0.25, 0.3) is 10.9 Å². The van der Waals surface area contributed by atoms with Crippen molar-refractivity contribution in [2.45, 2.75) is 25.2 Å². The Morgan fingerprint density at radius 3 is 2.81 bits per heavy atom. The van der Waals surface area contributed by atoms with Crippen LogP contribution in [0.1, 0.15) is 30.4 Å². The lowest BCUT2D eigenvalue weighted by molar-refractivity contribution is -0.0106. The second-order valence-corrected chi connectivity index (χ2v) is 7.49. The summed E-state index contributed by atoms with van der Waals surface area (Å²) < 4.78 is 17.8. The lowest BCUT2D eigenvalue weighted by atomic mass is 10.0. The summed E-state index contributed by atoms with van der Waals surface area (Å²) in [6.45, 7) is 2.21. The molecule has 5 rings (SSSR count). The van der Waals surface area contributed by atoms with Gasteiger partial charge in [-0.15, -0.1) is 0 Å². The van der Waals surface area contributed by atoms with Crippen LogP contribution >= 0.6 is 0 Å². The van der Waals surface area contributed by atoms with Crippen LogP contribution in [0, 0.1) is 0 Å². The van der Waals surface area contributed by atoms with Crippen molar-refractivity contribution in [1.82, 2.24) is 9.97 Å². The van der Waals surface area contributed by atoms with E-state index >= 15 is 0 Å². The Morgan fingerprint density at radius 1 is 1.03 bits per heavy atom. The zero-order chi connectivity index (χ0) is 21.2. The van der Waals surface area contributed by atoms with E-state index in [0.717, 1.165) is 16.6 Å². The van der Waals surface area contributed by atoms with Gasteiger partial charge in [-0.2, -0.15) is 0 Å². The molecule has 1 aliphatic heterocycles. The lowest BCUT2D eigenvalue weighted by Gasteiger charge is -2.31. The molecule has 0 fully saturated rings. The van der Waals surface area contributed by atoms with E-state index in [-0.39, 0.29) is 12.7 Å². The number of hydrogen-bond acceptors (Lipinski definition) is 6. The first-order valence-electron chi connectivity index (χ1n) is 10.2. The highest BCUT2D eigenvalue weighted by Gasteiger charge is 2.31. The predicted molar refractivity (Wildman–Crippen MR) is 116 cm³/mol. The molecule has 2 aromatic heterocycles. The Balaban J connectivity index is 1.34. The molecule has 6 nitrogen and oxygen atoms in total. The van der Waals surface area contributed by atoms with Gasteiger partial charge in [-0.05, 0) is 49.4 Å². The van der Waals surface area contributed by atoms with E-state index in [0.29, 0.717) is 22.8 Å². The molecule has 0 amide bonds. The number of fused-ring (bicyclic) bond motifs is 2. The molecule has 3 unspecified atom stereocenters. The summed E-state index contributed by atoms with van der Waals surface area (Å²) in [5.41, 5.74) is 2.41. The minimum Gasteiger partial charge on any atom is -0.489 e. The van der Waals surface area contributed by atoms with Gasteiger partial charge in [0.25, 0.3) is 0 Å². The number of aromatic nitrogens is 2. The van der Waals surface area contributed by atoms with Gasteiger partial charge < -0.3 is 19.3 Å². The summed E-state index contributed by atoms with van der Waals surface area (Å²) in [5.74, 6) is 1.84. The Hall–Kier alpha value is -3.64. The first-order chi connectivity index (χ1) is 15.2. The molecule has 6 heteroatoms. The largest absolute Gasteiger partial charge is 0.489 e. The summed E-state index contributed by atoms with van der Waals surface area (Å²) in [6.07, 6.45) is 1.64. The number of nitrogens with zero attached hydrogens (tertiary/aromatic N) is 2. The molecule has 2 aromatic carbocycles. The fourth-order valence-corrected chi connectivity index (χ4v) is 3.69. The number of aliphatic hydroxyl groups is 1. The van der Waals surface area contributed by atoms with E-state index in [9.17, 15) is 5.11 Å². The number of rotatable bonds is 5.